The number of carbonyl (C=O) groups is 1. The Labute approximate surface area is 211 Å². The number of hydrogen-bond acceptors (Lipinski definition) is 5. The Morgan fingerprint density at radius 2 is 1.66 bits per heavy atom. The monoisotopic (exact) mass is 512 g/mol. The van der Waals surface area contributed by atoms with Crippen molar-refractivity contribution >= 4 is 40.6 Å². The first-order valence-electron chi connectivity index (χ1n) is 10.7. The Bertz CT molecular complexity index is 1410. The number of carbonyl (C=O) groups excluding carboxylic acids is 1. The summed E-state index contributed by atoms with van der Waals surface area (Å²) in [5.74, 6) is 0.105. The molecule has 2 heterocycles. The van der Waals surface area contributed by atoms with Gasteiger partial charge in [-0.25, -0.2) is 0 Å². The van der Waals surface area contributed by atoms with Gasteiger partial charge >= 0.3 is 5.69 Å². The highest BCUT2D eigenvalue weighted by atomic mass is 35.5. The summed E-state index contributed by atoms with van der Waals surface area (Å²) in [4.78, 5) is 23.5. The van der Waals surface area contributed by atoms with E-state index in [2.05, 4.69) is 15.5 Å². The lowest BCUT2D eigenvalue weighted by atomic mass is 10.1. The van der Waals surface area contributed by atoms with E-state index in [-0.39, 0.29) is 11.6 Å². The van der Waals surface area contributed by atoms with Crippen molar-refractivity contribution < 1.29 is 9.72 Å². The van der Waals surface area contributed by atoms with Crippen molar-refractivity contribution in [2.45, 2.75) is 33.9 Å². The van der Waals surface area contributed by atoms with E-state index in [9.17, 15) is 14.9 Å². The first-order valence-corrected chi connectivity index (χ1v) is 11.5. The molecule has 9 nitrogen and oxygen atoms in total. The van der Waals surface area contributed by atoms with Gasteiger partial charge in [-0.05, 0) is 50.6 Å². The Morgan fingerprint density at radius 1 is 1.00 bits per heavy atom. The Hall–Kier alpha value is -3.69. The summed E-state index contributed by atoms with van der Waals surface area (Å²) in [6, 6.07) is 14.1. The van der Waals surface area contributed by atoms with Crippen LogP contribution in [0.1, 0.15) is 38.6 Å². The average molecular weight is 513 g/mol. The van der Waals surface area contributed by atoms with Crippen LogP contribution in [0.25, 0.3) is 0 Å². The zero-order valence-electron chi connectivity index (χ0n) is 19.2. The molecule has 0 spiro atoms. The molecule has 0 bridgehead atoms. The van der Waals surface area contributed by atoms with Crippen LogP contribution in [-0.2, 0) is 13.1 Å². The molecule has 1 amide bonds. The van der Waals surface area contributed by atoms with Crippen molar-refractivity contribution in [1.82, 2.24) is 19.6 Å². The molecule has 0 aliphatic heterocycles. The van der Waals surface area contributed by atoms with Gasteiger partial charge in [0.25, 0.3) is 5.91 Å². The number of nitrogens with one attached hydrogen (secondary N) is 1. The van der Waals surface area contributed by atoms with E-state index in [4.69, 9.17) is 23.2 Å². The maximum atomic E-state index is 12.8. The molecule has 11 heteroatoms. The van der Waals surface area contributed by atoms with Gasteiger partial charge in [0.05, 0.1) is 18.0 Å². The second-order valence-electron chi connectivity index (χ2n) is 8.11. The molecule has 4 aromatic rings. The number of aryl methyl sites for hydroxylation is 2. The summed E-state index contributed by atoms with van der Waals surface area (Å²) >= 11 is 12.5. The molecule has 0 saturated heterocycles. The van der Waals surface area contributed by atoms with E-state index in [0.717, 1.165) is 16.8 Å². The summed E-state index contributed by atoms with van der Waals surface area (Å²) in [7, 11) is 0. The summed E-state index contributed by atoms with van der Waals surface area (Å²) < 4.78 is 3.31. The quantitative estimate of drug-likeness (QED) is 0.257. The van der Waals surface area contributed by atoms with E-state index in [0.29, 0.717) is 45.9 Å². The van der Waals surface area contributed by atoms with Gasteiger partial charge in [0.2, 0.25) is 0 Å². The highest BCUT2D eigenvalue weighted by Gasteiger charge is 2.21. The number of aromatic nitrogens is 4. The van der Waals surface area contributed by atoms with Gasteiger partial charge in [0.1, 0.15) is 11.4 Å². The first-order chi connectivity index (χ1) is 16.6. The molecule has 2 aromatic heterocycles. The summed E-state index contributed by atoms with van der Waals surface area (Å²) in [5, 5.41) is 23.8. The van der Waals surface area contributed by atoms with E-state index in [1.165, 1.54) is 0 Å². The van der Waals surface area contributed by atoms with Crippen LogP contribution in [0.3, 0.4) is 0 Å². The van der Waals surface area contributed by atoms with Gasteiger partial charge < -0.3 is 5.32 Å². The molecular formula is C24H22Cl2N6O3. The summed E-state index contributed by atoms with van der Waals surface area (Å²) in [5.41, 5.74) is 3.78. The van der Waals surface area contributed by atoms with Crippen molar-refractivity contribution in [3.63, 3.8) is 0 Å². The second kappa shape index (κ2) is 9.89. The van der Waals surface area contributed by atoms with E-state index in [1.54, 1.807) is 71.7 Å². The summed E-state index contributed by atoms with van der Waals surface area (Å²) in [6.07, 6.45) is 0. The maximum Gasteiger partial charge on any atom is 0.312 e. The van der Waals surface area contributed by atoms with Crippen LogP contribution in [0.2, 0.25) is 10.0 Å². The van der Waals surface area contributed by atoms with Crippen LogP contribution in [0.4, 0.5) is 11.5 Å². The van der Waals surface area contributed by atoms with Gasteiger partial charge in [-0.15, -0.1) is 0 Å². The molecule has 35 heavy (non-hydrogen) atoms. The fourth-order valence-corrected chi connectivity index (χ4v) is 4.31. The minimum absolute atomic E-state index is 0.0209. The SMILES string of the molecule is Cc1nn(Cc2ccc(C(=O)Nc3cc(C)n(Cc4c(Cl)cccc4Cl)n3)cc2)c(C)c1[N+](=O)[O-]. The van der Waals surface area contributed by atoms with Gasteiger partial charge in [-0.2, -0.15) is 10.2 Å². The zero-order chi connectivity index (χ0) is 25.3. The van der Waals surface area contributed by atoms with Gasteiger partial charge in [0, 0.05) is 32.9 Å². The molecule has 0 radical (unpaired) electrons. The average Bonchev–Trinajstić information content (AvgIpc) is 3.28. The topological polar surface area (TPSA) is 108 Å². The Balaban J connectivity index is 1.44. The van der Waals surface area contributed by atoms with Gasteiger partial charge in [0.15, 0.2) is 5.82 Å². The fraction of sp³-hybridized carbons (Fsp3) is 0.208. The number of nitro groups is 1. The number of benzene rings is 2. The minimum Gasteiger partial charge on any atom is -0.305 e. The normalized spacial score (nSPS) is 11.0. The van der Waals surface area contributed by atoms with Crippen LogP contribution >= 0.6 is 23.2 Å². The Kier molecular flexibility index (Phi) is 6.90. The molecule has 0 unspecified atom stereocenters. The largest absolute Gasteiger partial charge is 0.312 e. The van der Waals surface area contributed by atoms with Gasteiger partial charge in [-0.3, -0.25) is 24.3 Å². The van der Waals surface area contributed by atoms with Crippen molar-refractivity contribution in [3.05, 3.63) is 102 Å². The molecule has 0 fully saturated rings. The molecule has 2 aromatic carbocycles. The number of halogens is 2. The first kappa shape index (κ1) is 24.4. The lowest BCUT2D eigenvalue weighted by Gasteiger charge is -2.08. The lowest BCUT2D eigenvalue weighted by molar-refractivity contribution is -0.386. The van der Waals surface area contributed by atoms with Crippen molar-refractivity contribution in [1.29, 1.82) is 0 Å². The third-order valence-corrected chi connectivity index (χ3v) is 6.37. The lowest BCUT2D eigenvalue weighted by Crippen LogP contribution is -2.13. The van der Waals surface area contributed by atoms with Crippen molar-refractivity contribution in [2.75, 3.05) is 5.32 Å². The number of nitrogens with zero attached hydrogens (tertiary/aromatic N) is 5. The number of anilines is 1. The number of rotatable bonds is 7. The molecule has 0 aliphatic rings. The van der Waals surface area contributed by atoms with Crippen LogP contribution in [-0.4, -0.2) is 30.4 Å². The van der Waals surface area contributed by atoms with E-state index in [1.807, 2.05) is 6.92 Å². The van der Waals surface area contributed by atoms with E-state index >= 15 is 0 Å². The molecule has 4 rings (SSSR count). The zero-order valence-corrected chi connectivity index (χ0v) is 20.8. The smallest absolute Gasteiger partial charge is 0.305 e. The molecule has 180 valence electrons. The molecule has 0 saturated carbocycles. The fourth-order valence-electron chi connectivity index (χ4n) is 3.79. The minimum atomic E-state index is -0.423. The Morgan fingerprint density at radius 3 is 2.26 bits per heavy atom. The highest BCUT2D eigenvalue weighted by Crippen LogP contribution is 2.26. The maximum absolute atomic E-state index is 12.8. The molecule has 0 atom stereocenters. The third kappa shape index (κ3) is 5.21. The standard InChI is InChI=1S/C24H22Cl2N6O3/c1-14-11-22(29-30(14)13-19-20(25)5-4-6-21(19)26)27-24(33)18-9-7-17(8-10-18)12-31-16(3)23(32(34)35)15(2)28-31/h4-11H,12-13H2,1-3H3,(H,27,29,33). The number of hydrogen-bond donors (Lipinski definition) is 1. The predicted molar refractivity (Wildman–Crippen MR) is 134 cm³/mol. The second-order valence-corrected chi connectivity index (χ2v) is 8.93. The van der Waals surface area contributed by atoms with Crippen LogP contribution in [0.15, 0.2) is 48.5 Å². The number of amides is 1. The van der Waals surface area contributed by atoms with Crippen molar-refractivity contribution in [2.24, 2.45) is 0 Å². The molecule has 1 N–H and O–H groups in total. The van der Waals surface area contributed by atoms with Crippen LogP contribution in [0, 0.1) is 30.9 Å². The van der Waals surface area contributed by atoms with Crippen LogP contribution in [0.5, 0.6) is 0 Å². The predicted octanol–water partition coefficient (Wildman–Crippen LogP) is 5.57. The van der Waals surface area contributed by atoms with Crippen molar-refractivity contribution in [3.8, 4) is 0 Å². The van der Waals surface area contributed by atoms with Gasteiger partial charge in [-0.1, -0.05) is 41.4 Å². The third-order valence-electron chi connectivity index (χ3n) is 5.67. The highest BCUT2D eigenvalue weighted by molar-refractivity contribution is 6.36. The summed E-state index contributed by atoms with van der Waals surface area (Å²) in [6.45, 7) is 5.89. The van der Waals surface area contributed by atoms with Crippen LogP contribution < -0.4 is 5.32 Å². The molecular weight excluding hydrogens is 491 g/mol. The van der Waals surface area contributed by atoms with E-state index < -0.39 is 4.92 Å². The molecule has 0 aliphatic carbocycles.